The SMILES string of the molecule is CO[C@]1(C)[C@@H](C)C[C@]2(C)[C@H]3Cc4ccc(OCc5ccccc5)c5c4[C@@]2(CCN3C)[C@H]1O5. The third-order valence-electron chi connectivity index (χ3n) is 9.80. The molecule has 0 N–H and O–H groups in total. The lowest BCUT2D eigenvalue weighted by Gasteiger charge is -2.68. The fourth-order valence-electron chi connectivity index (χ4n) is 7.92. The van der Waals surface area contributed by atoms with Gasteiger partial charge in [0.05, 0.1) is 0 Å². The van der Waals surface area contributed by atoms with Gasteiger partial charge in [0.15, 0.2) is 11.5 Å². The Morgan fingerprint density at radius 1 is 1.12 bits per heavy atom. The van der Waals surface area contributed by atoms with Crippen LogP contribution in [0.1, 0.15) is 50.3 Å². The van der Waals surface area contributed by atoms with Crippen molar-refractivity contribution in [1.82, 2.24) is 4.90 Å². The van der Waals surface area contributed by atoms with Crippen LogP contribution < -0.4 is 9.47 Å². The number of hydrogen-bond donors (Lipinski definition) is 0. The molecule has 2 aliphatic carbocycles. The summed E-state index contributed by atoms with van der Waals surface area (Å²) in [5.41, 5.74) is 3.83. The lowest BCUT2D eigenvalue weighted by molar-refractivity contribution is -0.219. The van der Waals surface area contributed by atoms with Crippen LogP contribution in [0.5, 0.6) is 11.5 Å². The molecule has 6 atom stereocenters. The van der Waals surface area contributed by atoms with Gasteiger partial charge in [-0.25, -0.2) is 0 Å². The molecule has 2 aromatic carbocycles. The Morgan fingerprint density at radius 3 is 2.66 bits per heavy atom. The summed E-state index contributed by atoms with van der Waals surface area (Å²) in [6, 6.07) is 15.4. The van der Waals surface area contributed by atoms with Crippen molar-refractivity contribution in [3.8, 4) is 11.5 Å². The van der Waals surface area contributed by atoms with Crippen molar-refractivity contribution in [3.05, 3.63) is 59.2 Å². The number of ether oxygens (including phenoxy) is 3. The molecule has 0 unspecified atom stereocenters. The van der Waals surface area contributed by atoms with Crippen LogP contribution in [0.3, 0.4) is 0 Å². The van der Waals surface area contributed by atoms with E-state index in [9.17, 15) is 0 Å². The summed E-state index contributed by atoms with van der Waals surface area (Å²) in [6.07, 6.45) is 3.35. The van der Waals surface area contributed by atoms with Crippen LogP contribution in [0.15, 0.2) is 42.5 Å². The van der Waals surface area contributed by atoms with Crippen molar-refractivity contribution >= 4 is 0 Å². The molecule has 1 spiro atoms. The molecule has 170 valence electrons. The van der Waals surface area contributed by atoms with Gasteiger partial charge >= 0.3 is 0 Å². The minimum atomic E-state index is -0.329. The zero-order valence-electron chi connectivity index (χ0n) is 20.0. The van der Waals surface area contributed by atoms with Crippen LogP contribution in [0.4, 0.5) is 0 Å². The first-order valence-electron chi connectivity index (χ1n) is 12.1. The monoisotopic (exact) mass is 433 g/mol. The van der Waals surface area contributed by atoms with Crippen molar-refractivity contribution < 1.29 is 14.2 Å². The normalized spacial score (nSPS) is 39.3. The topological polar surface area (TPSA) is 30.9 Å². The van der Waals surface area contributed by atoms with E-state index in [1.165, 1.54) is 16.7 Å². The van der Waals surface area contributed by atoms with Gasteiger partial charge < -0.3 is 19.1 Å². The molecular formula is C28H35NO3. The maximum atomic E-state index is 7.01. The molecule has 32 heavy (non-hydrogen) atoms. The molecule has 4 nitrogen and oxygen atoms in total. The van der Waals surface area contributed by atoms with Crippen LogP contribution in [0.25, 0.3) is 0 Å². The molecule has 4 aliphatic rings. The van der Waals surface area contributed by atoms with E-state index in [1.807, 2.05) is 13.2 Å². The number of nitrogens with zero attached hydrogens (tertiary/aromatic N) is 1. The van der Waals surface area contributed by atoms with Gasteiger partial charge in [0.2, 0.25) is 0 Å². The van der Waals surface area contributed by atoms with Gasteiger partial charge in [0, 0.05) is 24.1 Å². The van der Waals surface area contributed by atoms with E-state index in [0.717, 1.165) is 37.3 Å². The Balaban J connectivity index is 1.51. The number of likely N-dealkylation sites (N-methyl/N-ethyl adjacent to an activating group) is 1. The predicted molar refractivity (Wildman–Crippen MR) is 125 cm³/mol. The van der Waals surface area contributed by atoms with Gasteiger partial charge in [0.25, 0.3) is 0 Å². The summed E-state index contributed by atoms with van der Waals surface area (Å²) in [5, 5.41) is 0. The van der Waals surface area contributed by atoms with E-state index in [4.69, 9.17) is 14.2 Å². The fourth-order valence-corrected chi connectivity index (χ4v) is 7.92. The van der Waals surface area contributed by atoms with Gasteiger partial charge in [-0.3, -0.25) is 0 Å². The van der Waals surface area contributed by atoms with Crippen molar-refractivity contribution in [2.45, 2.75) is 69.8 Å². The van der Waals surface area contributed by atoms with Crippen LogP contribution in [-0.4, -0.2) is 43.3 Å². The number of likely N-dealkylation sites (tertiary alicyclic amines) is 1. The van der Waals surface area contributed by atoms with Crippen LogP contribution >= 0.6 is 0 Å². The van der Waals surface area contributed by atoms with Crippen molar-refractivity contribution in [2.75, 3.05) is 20.7 Å². The Labute approximate surface area is 191 Å². The van der Waals surface area contributed by atoms with Crippen molar-refractivity contribution in [2.24, 2.45) is 11.3 Å². The molecule has 1 saturated heterocycles. The summed E-state index contributed by atoms with van der Waals surface area (Å²) in [4.78, 5) is 2.60. The highest BCUT2D eigenvalue weighted by Crippen LogP contribution is 2.71. The number of hydrogen-bond acceptors (Lipinski definition) is 4. The van der Waals surface area contributed by atoms with E-state index in [0.29, 0.717) is 18.6 Å². The second kappa shape index (κ2) is 6.74. The largest absolute Gasteiger partial charge is 0.485 e. The second-order valence-electron chi connectivity index (χ2n) is 11.0. The Kier molecular flexibility index (Phi) is 4.33. The highest BCUT2D eigenvalue weighted by atomic mass is 16.6. The smallest absolute Gasteiger partial charge is 0.166 e. The maximum absolute atomic E-state index is 7.01. The summed E-state index contributed by atoms with van der Waals surface area (Å²) < 4.78 is 19.7. The first-order valence-corrected chi connectivity index (χ1v) is 12.1. The highest BCUT2D eigenvalue weighted by Gasteiger charge is 2.74. The minimum absolute atomic E-state index is 0.000440. The molecule has 0 amide bonds. The van der Waals surface area contributed by atoms with Gasteiger partial charge in [-0.1, -0.05) is 50.2 Å². The van der Waals surface area contributed by atoms with Gasteiger partial charge in [-0.05, 0) is 68.3 Å². The van der Waals surface area contributed by atoms with E-state index in [-0.39, 0.29) is 22.5 Å². The van der Waals surface area contributed by atoms with Crippen molar-refractivity contribution in [1.29, 1.82) is 0 Å². The fraction of sp³-hybridized carbons (Fsp3) is 0.571. The second-order valence-corrected chi connectivity index (χ2v) is 11.0. The molecule has 6 rings (SSSR count). The molecule has 0 aromatic heterocycles. The standard InChI is InChI=1S/C28H35NO3/c1-18-16-26(2)22-15-20-11-12-21(31-17-19-9-7-6-8-10-19)24-23(20)28(26,13-14-29(22)4)25(32-24)27(18,3)30-5/h6-12,18,22,25H,13-17H2,1-5H3/t18-,22+,25-,26+,27+,28-/m0/s1. The number of piperidine rings is 1. The molecular weight excluding hydrogens is 398 g/mol. The van der Waals surface area contributed by atoms with E-state index in [2.05, 4.69) is 69.1 Å². The van der Waals surface area contributed by atoms with Gasteiger partial charge in [0.1, 0.15) is 18.3 Å². The number of benzene rings is 2. The molecule has 2 heterocycles. The molecule has 2 aromatic rings. The average Bonchev–Trinajstić information content (AvgIpc) is 3.15. The number of methoxy groups -OCH3 is 1. The number of rotatable bonds is 4. The quantitative estimate of drug-likeness (QED) is 0.681. The lowest BCUT2D eigenvalue weighted by atomic mass is 9.41. The summed E-state index contributed by atoms with van der Waals surface area (Å²) >= 11 is 0. The van der Waals surface area contributed by atoms with E-state index >= 15 is 0 Å². The van der Waals surface area contributed by atoms with Crippen molar-refractivity contribution in [3.63, 3.8) is 0 Å². The molecule has 4 heteroatoms. The maximum Gasteiger partial charge on any atom is 0.166 e. The van der Waals surface area contributed by atoms with Crippen LogP contribution in [0, 0.1) is 11.3 Å². The Morgan fingerprint density at radius 2 is 1.91 bits per heavy atom. The molecule has 1 saturated carbocycles. The third kappa shape index (κ3) is 2.35. The molecule has 2 bridgehead atoms. The van der Waals surface area contributed by atoms with E-state index in [1.54, 1.807) is 0 Å². The lowest BCUT2D eigenvalue weighted by Crippen LogP contribution is -2.75. The van der Waals surface area contributed by atoms with Crippen LogP contribution in [-0.2, 0) is 23.2 Å². The van der Waals surface area contributed by atoms with Crippen LogP contribution in [0.2, 0.25) is 0 Å². The zero-order valence-corrected chi connectivity index (χ0v) is 20.0. The minimum Gasteiger partial charge on any atom is -0.485 e. The first-order chi connectivity index (χ1) is 15.3. The van der Waals surface area contributed by atoms with Gasteiger partial charge in [-0.15, -0.1) is 0 Å². The molecule has 0 radical (unpaired) electrons. The third-order valence-corrected chi connectivity index (χ3v) is 9.80. The average molecular weight is 434 g/mol. The molecule has 2 aliphatic heterocycles. The molecule has 2 fully saturated rings. The summed E-state index contributed by atoms with van der Waals surface area (Å²) in [5.74, 6) is 2.27. The van der Waals surface area contributed by atoms with E-state index < -0.39 is 0 Å². The Bertz CT molecular complexity index is 1050. The van der Waals surface area contributed by atoms with Gasteiger partial charge in [-0.2, -0.15) is 0 Å². The highest BCUT2D eigenvalue weighted by molar-refractivity contribution is 5.62. The summed E-state index contributed by atoms with van der Waals surface area (Å²) in [7, 11) is 4.18. The summed E-state index contributed by atoms with van der Waals surface area (Å²) in [6.45, 7) is 8.81. The first kappa shape index (κ1) is 20.6. The zero-order chi connectivity index (χ0) is 22.3. The predicted octanol–water partition coefficient (Wildman–Crippen LogP) is 4.98. The Hall–Kier alpha value is -2.04.